The summed E-state index contributed by atoms with van der Waals surface area (Å²) < 4.78 is 13.0. The number of nitrogens with zero attached hydrogens (tertiary/aromatic N) is 3. The Morgan fingerprint density at radius 3 is 2.88 bits per heavy atom. The van der Waals surface area contributed by atoms with Crippen molar-refractivity contribution in [3.05, 3.63) is 56.6 Å². The van der Waals surface area contributed by atoms with E-state index in [1.165, 1.54) is 17.4 Å². The van der Waals surface area contributed by atoms with E-state index in [-0.39, 0.29) is 5.76 Å². The molecule has 0 unspecified atom stereocenters. The van der Waals surface area contributed by atoms with Crippen molar-refractivity contribution in [3.63, 3.8) is 0 Å². The third-order valence-corrected chi connectivity index (χ3v) is 4.65. The Morgan fingerprint density at radius 2 is 2.20 bits per heavy atom. The maximum absolute atomic E-state index is 12.3. The average molecular weight is 361 g/mol. The van der Waals surface area contributed by atoms with Crippen LogP contribution >= 0.6 is 11.3 Å². The van der Waals surface area contributed by atoms with Gasteiger partial charge in [-0.25, -0.2) is 0 Å². The van der Waals surface area contributed by atoms with Gasteiger partial charge in [-0.15, -0.1) is 0 Å². The van der Waals surface area contributed by atoms with Crippen molar-refractivity contribution in [1.29, 1.82) is 0 Å². The Bertz CT molecular complexity index is 1010. The Hall–Kier alpha value is -2.78. The maximum atomic E-state index is 12.3. The number of ether oxygens (including phenoxy) is 1. The summed E-state index contributed by atoms with van der Waals surface area (Å²) in [5.41, 5.74) is 2.05. The van der Waals surface area contributed by atoms with Gasteiger partial charge in [-0.1, -0.05) is 23.5 Å². The highest BCUT2D eigenvalue weighted by molar-refractivity contribution is 7.16. The number of aromatic nitrogens is 1. The number of hydrogen-bond donors (Lipinski definition) is 0. The molecule has 1 amide bonds. The van der Waals surface area contributed by atoms with Gasteiger partial charge < -0.3 is 13.7 Å². The molecule has 0 spiro atoms. The third-order valence-electron chi connectivity index (χ3n) is 3.60. The molecule has 8 nitrogen and oxygen atoms in total. The molecule has 0 aliphatic carbocycles. The van der Waals surface area contributed by atoms with E-state index in [0.717, 1.165) is 21.8 Å². The van der Waals surface area contributed by atoms with Crippen LogP contribution in [-0.4, -0.2) is 29.1 Å². The van der Waals surface area contributed by atoms with Crippen LogP contribution in [0.25, 0.3) is 10.2 Å². The molecule has 0 radical (unpaired) electrons. The van der Waals surface area contributed by atoms with Gasteiger partial charge in [-0.05, 0) is 24.6 Å². The molecular formula is C16H15N3O5S. The van der Waals surface area contributed by atoms with Crippen molar-refractivity contribution >= 4 is 33.3 Å². The fraction of sp³-hybridized carbons (Fsp3) is 0.250. The van der Waals surface area contributed by atoms with E-state index >= 15 is 0 Å². The number of aryl methyl sites for hydroxylation is 1. The molecule has 2 aromatic heterocycles. The second kappa shape index (κ2) is 6.99. The number of carbonyl (C=O) groups is 1. The van der Waals surface area contributed by atoms with Crippen LogP contribution in [0.5, 0.6) is 0 Å². The lowest BCUT2D eigenvalue weighted by molar-refractivity contribution is -0.402. The van der Waals surface area contributed by atoms with Crippen LogP contribution in [0.4, 0.5) is 5.88 Å². The van der Waals surface area contributed by atoms with E-state index in [9.17, 15) is 14.9 Å². The van der Waals surface area contributed by atoms with E-state index in [2.05, 4.69) is 4.99 Å². The summed E-state index contributed by atoms with van der Waals surface area (Å²) in [6.45, 7) is 2.99. The van der Waals surface area contributed by atoms with Crippen LogP contribution in [0.2, 0.25) is 0 Å². The number of hydrogen-bond acceptors (Lipinski definition) is 6. The highest BCUT2D eigenvalue weighted by Gasteiger charge is 2.17. The van der Waals surface area contributed by atoms with Gasteiger partial charge in [0.1, 0.15) is 4.92 Å². The number of para-hydroxylation sites is 1. The van der Waals surface area contributed by atoms with Crippen molar-refractivity contribution in [2.75, 3.05) is 13.7 Å². The predicted molar refractivity (Wildman–Crippen MR) is 91.7 cm³/mol. The average Bonchev–Trinajstić information content (AvgIpc) is 3.18. The minimum Gasteiger partial charge on any atom is -0.395 e. The number of nitro groups is 1. The summed E-state index contributed by atoms with van der Waals surface area (Å²) in [6, 6.07) is 8.27. The summed E-state index contributed by atoms with van der Waals surface area (Å²) in [5, 5.41) is 10.7. The molecule has 2 heterocycles. The molecule has 130 valence electrons. The lowest BCUT2D eigenvalue weighted by atomic mass is 10.2. The number of amides is 1. The SMILES string of the molecule is COCCn1c(=NC(=O)c2ccc([N+](=O)[O-])o2)sc2cccc(C)c21. The molecule has 9 heteroatoms. The van der Waals surface area contributed by atoms with Gasteiger partial charge in [-0.2, -0.15) is 4.99 Å². The van der Waals surface area contributed by atoms with Crippen LogP contribution in [-0.2, 0) is 11.3 Å². The van der Waals surface area contributed by atoms with E-state index in [0.29, 0.717) is 18.0 Å². The first-order valence-electron chi connectivity index (χ1n) is 7.42. The van der Waals surface area contributed by atoms with Crippen LogP contribution in [0.3, 0.4) is 0 Å². The van der Waals surface area contributed by atoms with Crippen molar-refractivity contribution in [2.24, 2.45) is 4.99 Å². The monoisotopic (exact) mass is 361 g/mol. The second-order valence-corrected chi connectivity index (χ2v) is 6.27. The van der Waals surface area contributed by atoms with Gasteiger partial charge in [0.05, 0.1) is 22.9 Å². The number of furan rings is 1. The number of methoxy groups -OCH3 is 1. The highest BCUT2D eigenvalue weighted by Crippen LogP contribution is 2.21. The molecule has 0 N–H and O–H groups in total. The summed E-state index contributed by atoms with van der Waals surface area (Å²) >= 11 is 1.37. The van der Waals surface area contributed by atoms with E-state index < -0.39 is 16.7 Å². The normalized spacial score (nSPS) is 12.0. The Kier molecular flexibility index (Phi) is 4.77. The quantitative estimate of drug-likeness (QED) is 0.514. The van der Waals surface area contributed by atoms with E-state index in [4.69, 9.17) is 9.15 Å². The zero-order valence-electron chi connectivity index (χ0n) is 13.6. The van der Waals surface area contributed by atoms with Gasteiger partial charge in [0.15, 0.2) is 4.80 Å². The number of benzene rings is 1. The molecule has 0 saturated carbocycles. The molecule has 3 rings (SSSR count). The van der Waals surface area contributed by atoms with Crippen molar-refractivity contribution in [1.82, 2.24) is 4.57 Å². The van der Waals surface area contributed by atoms with E-state index in [1.54, 1.807) is 7.11 Å². The first kappa shape index (κ1) is 17.1. The number of thiazole rings is 1. The molecule has 0 aliphatic rings. The molecule has 0 bridgehead atoms. The predicted octanol–water partition coefficient (Wildman–Crippen LogP) is 2.90. The van der Waals surface area contributed by atoms with Gasteiger partial charge in [0.2, 0.25) is 5.76 Å². The first-order chi connectivity index (χ1) is 12.0. The molecule has 3 aromatic rings. The van der Waals surface area contributed by atoms with Crippen LogP contribution in [0, 0.1) is 17.0 Å². The van der Waals surface area contributed by atoms with Gasteiger partial charge in [-0.3, -0.25) is 14.9 Å². The van der Waals surface area contributed by atoms with Crippen molar-refractivity contribution in [3.8, 4) is 0 Å². The van der Waals surface area contributed by atoms with Crippen molar-refractivity contribution < 1.29 is 18.9 Å². The molecule has 0 aliphatic heterocycles. The highest BCUT2D eigenvalue weighted by atomic mass is 32.1. The molecule has 25 heavy (non-hydrogen) atoms. The number of carbonyl (C=O) groups excluding carboxylic acids is 1. The summed E-state index contributed by atoms with van der Waals surface area (Å²) in [7, 11) is 1.60. The van der Waals surface area contributed by atoms with E-state index in [1.807, 2.05) is 29.7 Å². The smallest absolute Gasteiger partial charge is 0.395 e. The van der Waals surface area contributed by atoms with Crippen LogP contribution < -0.4 is 4.80 Å². The standard InChI is InChI=1S/C16H15N3O5S/c1-10-4-3-5-12-14(10)18(8-9-23-2)16(25-12)17-15(20)11-6-7-13(24-11)19(21)22/h3-7H,8-9H2,1-2H3. The fourth-order valence-corrected chi connectivity index (χ4v) is 3.60. The Morgan fingerprint density at radius 1 is 1.40 bits per heavy atom. The summed E-state index contributed by atoms with van der Waals surface area (Å²) in [6.07, 6.45) is 0. The summed E-state index contributed by atoms with van der Waals surface area (Å²) in [4.78, 5) is 26.9. The largest absolute Gasteiger partial charge is 0.433 e. The Labute approximate surface area is 146 Å². The molecule has 1 aromatic carbocycles. The van der Waals surface area contributed by atoms with Gasteiger partial charge >= 0.3 is 11.8 Å². The third kappa shape index (κ3) is 3.37. The second-order valence-electron chi connectivity index (χ2n) is 5.26. The van der Waals surface area contributed by atoms with Crippen LogP contribution in [0.15, 0.2) is 39.7 Å². The molecule has 0 atom stereocenters. The molecular weight excluding hydrogens is 346 g/mol. The van der Waals surface area contributed by atoms with Crippen molar-refractivity contribution in [2.45, 2.75) is 13.5 Å². The summed E-state index contributed by atoms with van der Waals surface area (Å²) in [5.74, 6) is -1.32. The zero-order valence-corrected chi connectivity index (χ0v) is 14.4. The molecule has 0 fully saturated rings. The number of rotatable bonds is 5. The lowest BCUT2D eigenvalue weighted by Gasteiger charge is -2.06. The minimum absolute atomic E-state index is 0.167. The topological polar surface area (TPSA) is 99.9 Å². The fourth-order valence-electron chi connectivity index (χ4n) is 2.47. The lowest BCUT2D eigenvalue weighted by Crippen LogP contribution is -2.19. The minimum atomic E-state index is -0.696. The maximum Gasteiger partial charge on any atom is 0.433 e. The molecule has 0 saturated heterocycles. The van der Waals surface area contributed by atoms with Crippen LogP contribution in [0.1, 0.15) is 16.1 Å². The number of fused-ring (bicyclic) bond motifs is 1. The first-order valence-corrected chi connectivity index (χ1v) is 8.24. The Balaban J connectivity index is 2.09. The zero-order chi connectivity index (χ0) is 18.0. The van der Waals surface area contributed by atoms with Gasteiger partial charge in [0, 0.05) is 13.7 Å². The van der Waals surface area contributed by atoms with Gasteiger partial charge in [0.25, 0.3) is 0 Å².